The summed E-state index contributed by atoms with van der Waals surface area (Å²) in [7, 11) is 0. The SMILES string of the molecule is FC(F)(F)c1ccccc1-c1noc(C2CC2)c1COC1CC2CC[C@@H](C2)C1. The summed E-state index contributed by atoms with van der Waals surface area (Å²) in [6, 6.07) is 5.59. The molecular weight excluding hydrogens is 367 g/mol. The molecule has 1 aromatic heterocycles. The third-order valence-electron chi connectivity index (χ3n) is 6.56. The average Bonchev–Trinajstić information content (AvgIpc) is 3.34. The van der Waals surface area contributed by atoms with Crippen molar-refractivity contribution < 1.29 is 22.4 Å². The molecule has 150 valence electrons. The summed E-state index contributed by atoms with van der Waals surface area (Å²) in [5, 5.41) is 4.07. The number of fused-ring (bicyclic) bond motifs is 2. The van der Waals surface area contributed by atoms with Gasteiger partial charge in [0.2, 0.25) is 0 Å². The highest BCUT2D eigenvalue weighted by Gasteiger charge is 2.39. The topological polar surface area (TPSA) is 35.3 Å². The molecule has 0 spiro atoms. The fourth-order valence-corrected chi connectivity index (χ4v) is 5.06. The van der Waals surface area contributed by atoms with E-state index in [0.29, 0.717) is 11.3 Å². The Hall–Kier alpha value is -1.82. The highest BCUT2D eigenvalue weighted by molar-refractivity contribution is 5.68. The summed E-state index contributed by atoms with van der Waals surface area (Å²) in [6.07, 6.45) is 3.76. The molecule has 2 aromatic rings. The van der Waals surface area contributed by atoms with Crippen LogP contribution in [0.5, 0.6) is 0 Å². The van der Waals surface area contributed by atoms with Gasteiger partial charge in [0.25, 0.3) is 0 Å². The Kier molecular flexibility index (Phi) is 4.49. The highest BCUT2D eigenvalue weighted by atomic mass is 19.4. The van der Waals surface area contributed by atoms with Crippen molar-refractivity contribution in [2.24, 2.45) is 11.8 Å². The lowest BCUT2D eigenvalue weighted by atomic mass is 9.87. The van der Waals surface area contributed by atoms with Crippen LogP contribution in [-0.4, -0.2) is 11.3 Å². The van der Waals surface area contributed by atoms with Gasteiger partial charge in [0.05, 0.1) is 18.3 Å². The van der Waals surface area contributed by atoms with Crippen molar-refractivity contribution in [2.45, 2.75) is 69.8 Å². The van der Waals surface area contributed by atoms with Gasteiger partial charge in [-0.05, 0) is 50.0 Å². The largest absolute Gasteiger partial charge is 0.417 e. The third-order valence-corrected chi connectivity index (χ3v) is 6.56. The Morgan fingerprint density at radius 3 is 2.39 bits per heavy atom. The van der Waals surface area contributed by atoms with Crippen LogP contribution in [0.3, 0.4) is 0 Å². The van der Waals surface area contributed by atoms with Crippen LogP contribution in [0.2, 0.25) is 0 Å². The fourth-order valence-electron chi connectivity index (χ4n) is 5.06. The van der Waals surface area contributed by atoms with Crippen molar-refractivity contribution in [2.75, 3.05) is 0 Å². The minimum Gasteiger partial charge on any atom is -0.373 e. The average molecular weight is 391 g/mol. The van der Waals surface area contributed by atoms with E-state index in [4.69, 9.17) is 9.26 Å². The Balaban J connectivity index is 1.44. The Morgan fingerprint density at radius 2 is 1.71 bits per heavy atom. The maximum atomic E-state index is 13.5. The standard InChI is InChI=1S/C22H24F3NO2/c23-22(24,25)19-4-2-1-3-17(19)20-18(21(28-26-20)15-7-8-15)12-27-16-10-13-5-6-14(9-13)11-16/h1-4,13-16H,5-12H2/t13-,14?,16?/m0/s1. The minimum atomic E-state index is -4.43. The van der Waals surface area contributed by atoms with Gasteiger partial charge in [-0.3, -0.25) is 0 Å². The molecular formula is C22H24F3NO2. The first-order valence-corrected chi connectivity index (χ1v) is 10.3. The van der Waals surface area contributed by atoms with Crippen LogP contribution in [0.1, 0.15) is 67.8 Å². The van der Waals surface area contributed by atoms with E-state index in [1.54, 1.807) is 6.07 Å². The molecule has 3 nitrogen and oxygen atoms in total. The maximum Gasteiger partial charge on any atom is 0.417 e. The lowest BCUT2D eigenvalue weighted by Crippen LogP contribution is -2.23. The number of rotatable bonds is 5. The number of hydrogen-bond donors (Lipinski definition) is 0. The van der Waals surface area contributed by atoms with Crippen molar-refractivity contribution in [3.8, 4) is 11.3 Å². The number of aromatic nitrogens is 1. The molecule has 1 heterocycles. The van der Waals surface area contributed by atoms with Crippen molar-refractivity contribution >= 4 is 0 Å². The Morgan fingerprint density at radius 1 is 1.00 bits per heavy atom. The van der Waals surface area contributed by atoms with E-state index < -0.39 is 11.7 Å². The number of alkyl halides is 3. The molecule has 0 amide bonds. The zero-order valence-electron chi connectivity index (χ0n) is 15.7. The van der Waals surface area contributed by atoms with Crippen LogP contribution in [-0.2, 0) is 17.5 Å². The molecule has 28 heavy (non-hydrogen) atoms. The van der Waals surface area contributed by atoms with Crippen molar-refractivity contribution in [1.82, 2.24) is 5.16 Å². The monoisotopic (exact) mass is 391 g/mol. The van der Waals surface area contributed by atoms with Gasteiger partial charge in [-0.25, -0.2) is 0 Å². The van der Waals surface area contributed by atoms with Gasteiger partial charge in [-0.15, -0.1) is 0 Å². The number of ether oxygens (including phenoxy) is 1. The second kappa shape index (κ2) is 6.90. The number of halogens is 3. The predicted octanol–water partition coefficient (Wildman–Crippen LogP) is 6.33. The van der Waals surface area contributed by atoms with Crippen molar-refractivity contribution in [1.29, 1.82) is 0 Å². The summed E-state index contributed by atoms with van der Waals surface area (Å²) in [6.45, 7) is 0.279. The Labute approximate surface area is 162 Å². The number of benzene rings is 1. The van der Waals surface area contributed by atoms with Crippen LogP contribution >= 0.6 is 0 Å². The summed E-state index contributed by atoms with van der Waals surface area (Å²) in [5.74, 6) is 2.48. The van der Waals surface area contributed by atoms with Gasteiger partial charge in [-0.1, -0.05) is 36.2 Å². The first-order valence-electron chi connectivity index (χ1n) is 10.3. The lowest BCUT2D eigenvalue weighted by molar-refractivity contribution is -0.137. The molecule has 0 aliphatic heterocycles. The molecule has 3 fully saturated rings. The molecule has 3 saturated carbocycles. The van der Waals surface area contributed by atoms with E-state index in [1.165, 1.54) is 31.4 Å². The zero-order valence-corrected chi connectivity index (χ0v) is 15.7. The van der Waals surface area contributed by atoms with Crippen molar-refractivity contribution in [3.05, 3.63) is 41.2 Å². The highest BCUT2D eigenvalue weighted by Crippen LogP contribution is 2.47. The fraction of sp³-hybridized carbons (Fsp3) is 0.591. The zero-order chi connectivity index (χ0) is 19.3. The molecule has 6 heteroatoms. The molecule has 0 N–H and O–H groups in total. The van der Waals surface area contributed by atoms with Crippen molar-refractivity contribution in [3.63, 3.8) is 0 Å². The molecule has 3 aliphatic rings. The summed E-state index contributed by atoms with van der Waals surface area (Å²) in [4.78, 5) is 0. The number of nitrogens with zero attached hydrogens (tertiary/aromatic N) is 1. The molecule has 2 bridgehead atoms. The first kappa shape index (κ1) is 18.2. The predicted molar refractivity (Wildman–Crippen MR) is 97.6 cm³/mol. The number of hydrogen-bond acceptors (Lipinski definition) is 3. The molecule has 3 aliphatic carbocycles. The van der Waals surface area contributed by atoms with Gasteiger partial charge in [-0.2, -0.15) is 13.2 Å². The molecule has 1 aromatic carbocycles. The van der Waals surface area contributed by atoms with Gasteiger partial charge >= 0.3 is 6.18 Å². The van der Waals surface area contributed by atoms with E-state index in [-0.39, 0.29) is 29.9 Å². The molecule has 5 rings (SSSR count). The lowest BCUT2D eigenvalue weighted by Gasteiger charge is -2.27. The normalized spacial score (nSPS) is 27.3. The van der Waals surface area contributed by atoms with Gasteiger partial charge < -0.3 is 9.26 Å². The van der Waals surface area contributed by atoms with Crippen LogP contribution in [0.15, 0.2) is 28.8 Å². The second-order valence-electron chi connectivity index (χ2n) is 8.64. The van der Waals surface area contributed by atoms with Crippen LogP contribution < -0.4 is 0 Å². The molecule has 0 radical (unpaired) electrons. The smallest absolute Gasteiger partial charge is 0.373 e. The van der Waals surface area contributed by atoms with E-state index in [1.807, 2.05) is 0 Å². The molecule has 3 atom stereocenters. The van der Waals surface area contributed by atoms with Crippen LogP contribution in [0, 0.1) is 11.8 Å². The second-order valence-corrected chi connectivity index (χ2v) is 8.64. The van der Waals surface area contributed by atoms with E-state index in [2.05, 4.69) is 5.16 Å². The van der Waals surface area contributed by atoms with Crippen LogP contribution in [0.25, 0.3) is 11.3 Å². The van der Waals surface area contributed by atoms with E-state index in [9.17, 15) is 13.2 Å². The molecule has 2 unspecified atom stereocenters. The first-order chi connectivity index (χ1) is 13.5. The summed E-state index contributed by atoms with van der Waals surface area (Å²) < 4.78 is 52.3. The maximum absolute atomic E-state index is 13.5. The van der Waals surface area contributed by atoms with Gasteiger partial charge in [0.1, 0.15) is 11.5 Å². The quantitative estimate of drug-likeness (QED) is 0.597. The van der Waals surface area contributed by atoms with E-state index >= 15 is 0 Å². The Bertz CT molecular complexity index is 844. The van der Waals surface area contributed by atoms with Gasteiger partial charge in [0.15, 0.2) is 0 Å². The van der Waals surface area contributed by atoms with E-state index in [0.717, 1.165) is 43.6 Å². The molecule has 0 saturated heterocycles. The third kappa shape index (κ3) is 3.47. The van der Waals surface area contributed by atoms with Crippen LogP contribution in [0.4, 0.5) is 13.2 Å². The van der Waals surface area contributed by atoms with Gasteiger partial charge in [0, 0.05) is 17.0 Å². The summed E-state index contributed by atoms with van der Waals surface area (Å²) >= 11 is 0. The summed E-state index contributed by atoms with van der Waals surface area (Å²) in [5.41, 5.74) is 0.390. The minimum absolute atomic E-state index is 0.0768.